The summed E-state index contributed by atoms with van der Waals surface area (Å²) in [5, 5.41) is 15.7. The molecule has 0 aliphatic heterocycles. The van der Waals surface area contributed by atoms with Gasteiger partial charge in [-0.25, -0.2) is 9.07 Å². The molecule has 1 aromatic carbocycles. The molecule has 1 heterocycles. The summed E-state index contributed by atoms with van der Waals surface area (Å²) >= 11 is 0. The molecule has 0 atom stereocenters. The minimum absolute atomic E-state index is 0.279. The van der Waals surface area contributed by atoms with Crippen LogP contribution in [0.2, 0.25) is 0 Å². The molecule has 2 aromatic rings. The van der Waals surface area contributed by atoms with E-state index in [1.54, 1.807) is 0 Å². The summed E-state index contributed by atoms with van der Waals surface area (Å²) in [5.74, 6) is -0.491. The van der Waals surface area contributed by atoms with Gasteiger partial charge >= 0.3 is 0 Å². The Morgan fingerprint density at radius 3 is 2.86 bits per heavy atom. The Kier molecular flexibility index (Phi) is 1.95. The Bertz CT molecular complexity index is 484. The molecule has 0 saturated heterocycles. The maximum absolute atomic E-state index is 13.4. The SMILES string of the molecule is N#Cc1ccc(-n2ccnn2)c(F)c1. The molecule has 0 unspecified atom stereocenters. The maximum Gasteiger partial charge on any atom is 0.150 e. The zero-order valence-electron chi connectivity index (χ0n) is 7.05. The second-order valence-electron chi connectivity index (χ2n) is 2.63. The van der Waals surface area contributed by atoms with Crippen LogP contribution < -0.4 is 0 Å². The molecule has 0 spiro atoms. The van der Waals surface area contributed by atoms with Crippen molar-refractivity contribution in [3.8, 4) is 11.8 Å². The molecule has 0 aliphatic rings. The van der Waals surface area contributed by atoms with Gasteiger partial charge in [-0.05, 0) is 18.2 Å². The molecule has 2 rings (SSSR count). The molecule has 1 aromatic heterocycles. The third kappa shape index (κ3) is 1.33. The first-order chi connectivity index (χ1) is 6.81. The standard InChI is InChI=1S/C9H5FN4/c10-8-5-7(6-11)1-2-9(8)14-4-3-12-13-14/h1-5H. The minimum atomic E-state index is -0.491. The molecule has 0 fully saturated rings. The Hall–Kier alpha value is -2.22. The Morgan fingerprint density at radius 1 is 1.43 bits per heavy atom. The van der Waals surface area contributed by atoms with Gasteiger partial charge in [0.1, 0.15) is 11.5 Å². The van der Waals surface area contributed by atoms with E-state index in [0.29, 0.717) is 0 Å². The van der Waals surface area contributed by atoms with Crippen molar-refractivity contribution in [2.75, 3.05) is 0 Å². The number of nitrogens with zero attached hydrogens (tertiary/aromatic N) is 4. The van der Waals surface area contributed by atoms with Crippen molar-refractivity contribution in [3.63, 3.8) is 0 Å². The van der Waals surface area contributed by atoms with Gasteiger partial charge in [0, 0.05) is 0 Å². The molecule has 0 N–H and O–H groups in total. The Morgan fingerprint density at radius 2 is 2.29 bits per heavy atom. The lowest BCUT2D eigenvalue weighted by molar-refractivity contribution is 0.606. The third-order valence-electron chi connectivity index (χ3n) is 1.75. The number of nitriles is 1. The summed E-state index contributed by atoms with van der Waals surface area (Å²) in [6.45, 7) is 0. The molecule has 5 heteroatoms. The van der Waals surface area contributed by atoms with Crippen molar-refractivity contribution in [3.05, 3.63) is 42.0 Å². The lowest BCUT2D eigenvalue weighted by atomic mass is 10.2. The summed E-state index contributed by atoms with van der Waals surface area (Å²) < 4.78 is 14.7. The van der Waals surface area contributed by atoms with Gasteiger partial charge in [-0.15, -0.1) is 5.10 Å². The molecule has 68 valence electrons. The summed E-state index contributed by atoms with van der Waals surface area (Å²) in [5.41, 5.74) is 0.563. The van der Waals surface area contributed by atoms with E-state index in [-0.39, 0.29) is 11.3 Å². The van der Waals surface area contributed by atoms with E-state index in [9.17, 15) is 4.39 Å². The average Bonchev–Trinajstić information content (AvgIpc) is 2.70. The van der Waals surface area contributed by atoms with E-state index in [2.05, 4.69) is 10.3 Å². The lowest BCUT2D eigenvalue weighted by Gasteiger charge is -2.01. The average molecular weight is 188 g/mol. The van der Waals surface area contributed by atoms with E-state index in [1.165, 1.54) is 29.2 Å². The molecule has 4 nitrogen and oxygen atoms in total. The number of benzene rings is 1. The summed E-state index contributed by atoms with van der Waals surface area (Å²) in [6.07, 6.45) is 2.99. The van der Waals surface area contributed by atoms with Crippen LogP contribution in [0.4, 0.5) is 4.39 Å². The fourth-order valence-corrected chi connectivity index (χ4v) is 1.10. The second kappa shape index (κ2) is 3.26. The van der Waals surface area contributed by atoms with Crippen LogP contribution >= 0.6 is 0 Å². The van der Waals surface area contributed by atoms with Crippen LogP contribution in [0, 0.1) is 17.1 Å². The smallest absolute Gasteiger partial charge is 0.150 e. The number of aromatic nitrogens is 3. The summed E-state index contributed by atoms with van der Waals surface area (Å²) in [4.78, 5) is 0. The van der Waals surface area contributed by atoms with E-state index in [1.807, 2.05) is 6.07 Å². The zero-order chi connectivity index (χ0) is 9.97. The highest BCUT2D eigenvalue weighted by molar-refractivity contribution is 5.39. The molecule has 0 saturated carbocycles. The van der Waals surface area contributed by atoms with Gasteiger partial charge in [0.05, 0.1) is 24.0 Å². The van der Waals surface area contributed by atoms with Crippen LogP contribution in [0.3, 0.4) is 0 Å². The first-order valence-electron chi connectivity index (χ1n) is 3.87. The quantitative estimate of drug-likeness (QED) is 0.677. The van der Waals surface area contributed by atoms with Crippen LogP contribution in [0.1, 0.15) is 5.56 Å². The van der Waals surface area contributed by atoms with Gasteiger partial charge in [0.15, 0.2) is 0 Å². The van der Waals surface area contributed by atoms with E-state index in [4.69, 9.17) is 5.26 Å². The molecule has 0 radical (unpaired) electrons. The topological polar surface area (TPSA) is 54.5 Å². The van der Waals surface area contributed by atoms with E-state index >= 15 is 0 Å². The van der Waals surface area contributed by atoms with Gasteiger partial charge in [0.25, 0.3) is 0 Å². The van der Waals surface area contributed by atoms with Gasteiger partial charge in [-0.1, -0.05) is 5.21 Å². The van der Waals surface area contributed by atoms with Crippen molar-refractivity contribution in [1.82, 2.24) is 15.0 Å². The van der Waals surface area contributed by atoms with Gasteiger partial charge in [0.2, 0.25) is 0 Å². The van der Waals surface area contributed by atoms with Crippen LogP contribution in [-0.4, -0.2) is 15.0 Å². The highest BCUT2D eigenvalue weighted by atomic mass is 19.1. The van der Waals surface area contributed by atoms with Crippen molar-refractivity contribution < 1.29 is 4.39 Å². The van der Waals surface area contributed by atoms with Crippen molar-refractivity contribution in [1.29, 1.82) is 5.26 Å². The fourth-order valence-electron chi connectivity index (χ4n) is 1.10. The van der Waals surface area contributed by atoms with Crippen LogP contribution in [-0.2, 0) is 0 Å². The normalized spacial score (nSPS) is 9.71. The molecule has 14 heavy (non-hydrogen) atoms. The van der Waals surface area contributed by atoms with Gasteiger partial charge < -0.3 is 0 Å². The molecular formula is C9H5FN4. The fraction of sp³-hybridized carbons (Fsp3) is 0. The monoisotopic (exact) mass is 188 g/mol. The number of hydrogen-bond donors (Lipinski definition) is 0. The maximum atomic E-state index is 13.4. The van der Waals surface area contributed by atoms with Gasteiger partial charge in [-0.2, -0.15) is 5.26 Å². The first kappa shape index (κ1) is 8.38. The van der Waals surface area contributed by atoms with E-state index < -0.39 is 5.82 Å². The number of hydrogen-bond acceptors (Lipinski definition) is 3. The molecule has 0 bridgehead atoms. The van der Waals surface area contributed by atoms with E-state index in [0.717, 1.165) is 6.07 Å². The van der Waals surface area contributed by atoms with Crippen LogP contribution in [0.15, 0.2) is 30.6 Å². The number of halogens is 1. The highest BCUT2D eigenvalue weighted by Gasteiger charge is 2.05. The number of rotatable bonds is 1. The summed E-state index contributed by atoms with van der Waals surface area (Å²) in [6, 6.07) is 6.04. The van der Waals surface area contributed by atoms with Crippen LogP contribution in [0.5, 0.6) is 0 Å². The highest BCUT2D eigenvalue weighted by Crippen LogP contribution is 2.12. The van der Waals surface area contributed by atoms with Crippen molar-refractivity contribution >= 4 is 0 Å². The van der Waals surface area contributed by atoms with Crippen molar-refractivity contribution in [2.24, 2.45) is 0 Å². The minimum Gasteiger partial charge on any atom is -0.218 e. The lowest BCUT2D eigenvalue weighted by Crippen LogP contribution is -1.98. The molecule has 0 aliphatic carbocycles. The van der Waals surface area contributed by atoms with Crippen LogP contribution in [0.25, 0.3) is 5.69 Å². The summed E-state index contributed by atoms with van der Waals surface area (Å²) in [7, 11) is 0. The predicted molar refractivity (Wildman–Crippen MR) is 46.0 cm³/mol. The first-order valence-corrected chi connectivity index (χ1v) is 3.87. The molecule has 0 amide bonds. The predicted octanol–water partition coefficient (Wildman–Crippen LogP) is 1.28. The largest absolute Gasteiger partial charge is 0.218 e. The Labute approximate surface area is 79.2 Å². The van der Waals surface area contributed by atoms with Crippen molar-refractivity contribution in [2.45, 2.75) is 0 Å². The second-order valence-corrected chi connectivity index (χ2v) is 2.63. The Balaban J connectivity index is 2.52. The zero-order valence-corrected chi connectivity index (χ0v) is 7.05. The van der Waals surface area contributed by atoms with Gasteiger partial charge in [-0.3, -0.25) is 0 Å². The molecular weight excluding hydrogens is 183 g/mol. The third-order valence-corrected chi connectivity index (χ3v) is 1.75.